The largest absolute Gasteiger partial charge is 0.306 e. The van der Waals surface area contributed by atoms with Crippen molar-refractivity contribution in [1.82, 2.24) is 20.1 Å². The summed E-state index contributed by atoms with van der Waals surface area (Å²) in [7, 11) is 0. The van der Waals surface area contributed by atoms with Crippen molar-refractivity contribution in [3.63, 3.8) is 0 Å². The van der Waals surface area contributed by atoms with Gasteiger partial charge in [-0.25, -0.2) is 4.98 Å². The maximum atomic E-state index is 6.16. The Morgan fingerprint density at radius 2 is 2.20 bits per heavy atom. The first kappa shape index (κ1) is 15.5. The van der Waals surface area contributed by atoms with Crippen LogP contribution in [0.4, 0.5) is 0 Å². The second kappa shape index (κ2) is 6.70. The van der Waals surface area contributed by atoms with Gasteiger partial charge in [0.05, 0.1) is 28.6 Å². The fraction of sp³-hybridized carbons (Fsp3) is 0.571. The number of nitrogens with one attached hydrogen (secondary N) is 1. The van der Waals surface area contributed by atoms with E-state index in [9.17, 15) is 0 Å². The van der Waals surface area contributed by atoms with Gasteiger partial charge in [-0.05, 0) is 27.2 Å². The summed E-state index contributed by atoms with van der Waals surface area (Å²) in [5.74, 6) is 0. The van der Waals surface area contributed by atoms with Crippen molar-refractivity contribution < 1.29 is 0 Å². The molecule has 2 aromatic heterocycles. The van der Waals surface area contributed by atoms with Crippen molar-refractivity contribution in [1.29, 1.82) is 0 Å². The van der Waals surface area contributed by atoms with Crippen molar-refractivity contribution in [2.24, 2.45) is 0 Å². The van der Waals surface area contributed by atoms with E-state index in [0.29, 0.717) is 6.04 Å². The summed E-state index contributed by atoms with van der Waals surface area (Å²) in [6, 6.07) is 0.318. The van der Waals surface area contributed by atoms with Gasteiger partial charge in [-0.15, -0.1) is 11.3 Å². The van der Waals surface area contributed by atoms with Gasteiger partial charge in [-0.1, -0.05) is 18.5 Å². The summed E-state index contributed by atoms with van der Waals surface area (Å²) in [6.45, 7) is 9.83. The lowest BCUT2D eigenvalue weighted by atomic mass is 10.3. The molecule has 20 heavy (non-hydrogen) atoms. The molecule has 0 bridgehead atoms. The van der Waals surface area contributed by atoms with Crippen LogP contribution in [0.15, 0.2) is 5.38 Å². The predicted molar refractivity (Wildman–Crippen MR) is 84.5 cm³/mol. The second-order valence-electron chi connectivity index (χ2n) is 5.03. The summed E-state index contributed by atoms with van der Waals surface area (Å²) in [5, 5.41) is 12.0. The molecule has 4 nitrogen and oxygen atoms in total. The Bertz CT molecular complexity index is 576. The van der Waals surface area contributed by atoms with Gasteiger partial charge in [0, 0.05) is 18.0 Å². The monoisotopic (exact) mass is 312 g/mol. The summed E-state index contributed by atoms with van der Waals surface area (Å²) in [4.78, 5) is 4.56. The van der Waals surface area contributed by atoms with Crippen LogP contribution in [0.3, 0.4) is 0 Å². The SMILES string of the molecule is CCc1csc(CNC(C)Cn2nc(C)c(Cl)c2C)n1. The van der Waals surface area contributed by atoms with Crippen molar-refractivity contribution in [3.05, 3.63) is 32.5 Å². The highest BCUT2D eigenvalue weighted by atomic mass is 35.5. The van der Waals surface area contributed by atoms with Gasteiger partial charge in [0.1, 0.15) is 5.01 Å². The molecule has 0 saturated heterocycles. The van der Waals surface area contributed by atoms with Crippen LogP contribution < -0.4 is 5.32 Å². The molecular weight excluding hydrogens is 292 g/mol. The maximum Gasteiger partial charge on any atom is 0.107 e. The molecule has 0 spiro atoms. The summed E-state index contributed by atoms with van der Waals surface area (Å²) < 4.78 is 1.97. The topological polar surface area (TPSA) is 42.7 Å². The molecule has 0 radical (unpaired) electrons. The fourth-order valence-electron chi connectivity index (χ4n) is 2.03. The molecule has 1 unspecified atom stereocenters. The van der Waals surface area contributed by atoms with E-state index >= 15 is 0 Å². The number of rotatable bonds is 6. The molecule has 0 aromatic carbocycles. The van der Waals surface area contributed by atoms with Gasteiger partial charge in [0.2, 0.25) is 0 Å². The Kier molecular flexibility index (Phi) is 5.18. The third-order valence-corrected chi connectivity index (χ3v) is 4.75. The molecule has 0 fully saturated rings. The highest BCUT2D eigenvalue weighted by Gasteiger charge is 2.12. The molecule has 6 heteroatoms. The highest BCUT2D eigenvalue weighted by molar-refractivity contribution is 7.09. The molecule has 0 aliphatic rings. The van der Waals surface area contributed by atoms with Crippen LogP contribution >= 0.6 is 22.9 Å². The Balaban J connectivity index is 1.89. The molecule has 0 saturated carbocycles. The van der Waals surface area contributed by atoms with Crippen LogP contribution in [-0.2, 0) is 19.5 Å². The quantitative estimate of drug-likeness (QED) is 0.889. The maximum absolute atomic E-state index is 6.16. The van der Waals surface area contributed by atoms with Gasteiger partial charge in [0.15, 0.2) is 0 Å². The Labute approximate surface area is 129 Å². The number of halogens is 1. The summed E-state index contributed by atoms with van der Waals surface area (Å²) >= 11 is 7.88. The number of hydrogen-bond acceptors (Lipinski definition) is 4. The lowest BCUT2D eigenvalue weighted by Gasteiger charge is -2.14. The van der Waals surface area contributed by atoms with Crippen molar-refractivity contribution in [2.45, 2.75) is 53.2 Å². The van der Waals surface area contributed by atoms with Crippen LogP contribution in [0.1, 0.15) is 35.9 Å². The molecular formula is C14H21ClN4S. The average Bonchev–Trinajstić information content (AvgIpc) is 2.98. The number of thiazole rings is 1. The van der Waals surface area contributed by atoms with Crippen LogP contribution in [0.25, 0.3) is 0 Å². The Morgan fingerprint density at radius 3 is 2.75 bits per heavy atom. The highest BCUT2D eigenvalue weighted by Crippen LogP contribution is 2.19. The van der Waals surface area contributed by atoms with E-state index < -0.39 is 0 Å². The van der Waals surface area contributed by atoms with E-state index in [4.69, 9.17) is 11.6 Å². The third kappa shape index (κ3) is 3.59. The van der Waals surface area contributed by atoms with E-state index in [0.717, 1.165) is 40.9 Å². The van der Waals surface area contributed by atoms with Gasteiger partial charge < -0.3 is 5.32 Å². The van der Waals surface area contributed by atoms with E-state index in [-0.39, 0.29) is 0 Å². The summed E-state index contributed by atoms with van der Waals surface area (Å²) in [6.07, 6.45) is 0.996. The number of aryl methyl sites for hydroxylation is 2. The van der Waals surface area contributed by atoms with Crippen molar-refractivity contribution >= 4 is 22.9 Å². The lowest BCUT2D eigenvalue weighted by Crippen LogP contribution is -2.30. The Morgan fingerprint density at radius 1 is 1.45 bits per heavy atom. The zero-order valence-electron chi connectivity index (χ0n) is 12.4. The van der Waals surface area contributed by atoms with E-state index in [1.165, 1.54) is 5.69 Å². The van der Waals surface area contributed by atoms with Gasteiger partial charge in [-0.3, -0.25) is 4.68 Å². The van der Waals surface area contributed by atoms with Crippen molar-refractivity contribution in [3.8, 4) is 0 Å². The fourth-order valence-corrected chi connectivity index (χ4v) is 2.99. The molecule has 2 heterocycles. The van der Waals surface area contributed by atoms with E-state index in [1.807, 2.05) is 18.5 Å². The van der Waals surface area contributed by atoms with E-state index in [2.05, 4.69) is 34.6 Å². The lowest BCUT2D eigenvalue weighted by molar-refractivity contribution is 0.443. The van der Waals surface area contributed by atoms with Crippen LogP contribution in [-0.4, -0.2) is 20.8 Å². The minimum absolute atomic E-state index is 0.318. The minimum Gasteiger partial charge on any atom is -0.306 e. The number of aromatic nitrogens is 3. The molecule has 110 valence electrons. The normalized spacial score (nSPS) is 12.8. The van der Waals surface area contributed by atoms with Crippen LogP contribution in [0, 0.1) is 13.8 Å². The van der Waals surface area contributed by atoms with Gasteiger partial charge in [0.25, 0.3) is 0 Å². The zero-order valence-corrected chi connectivity index (χ0v) is 14.0. The first-order chi connectivity index (χ1) is 9.51. The molecule has 1 atom stereocenters. The molecule has 2 aromatic rings. The third-order valence-electron chi connectivity index (χ3n) is 3.30. The van der Waals surface area contributed by atoms with Crippen LogP contribution in [0.5, 0.6) is 0 Å². The van der Waals surface area contributed by atoms with Gasteiger partial charge >= 0.3 is 0 Å². The molecule has 0 aliphatic heterocycles. The summed E-state index contributed by atoms with van der Waals surface area (Å²) in [5.41, 5.74) is 3.09. The molecule has 0 aliphatic carbocycles. The molecule has 2 rings (SSSR count). The second-order valence-corrected chi connectivity index (χ2v) is 6.36. The van der Waals surface area contributed by atoms with Crippen LogP contribution in [0.2, 0.25) is 5.02 Å². The average molecular weight is 313 g/mol. The molecule has 1 N–H and O–H groups in total. The zero-order chi connectivity index (χ0) is 14.7. The molecule has 0 amide bonds. The standard InChI is InChI=1S/C14H21ClN4S/c1-5-12-8-20-13(17-12)6-16-9(2)7-19-11(4)14(15)10(3)18-19/h8-9,16H,5-7H2,1-4H3. The number of nitrogens with zero attached hydrogens (tertiary/aromatic N) is 3. The minimum atomic E-state index is 0.318. The van der Waals surface area contributed by atoms with Crippen molar-refractivity contribution in [2.75, 3.05) is 0 Å². The first-order valence-corrected chi connectivity index (χ1v) is 8.13. The predicted octanol–water partition coefficient (Wildman–Crippen LogP) is 3.35. The van der Waals surface area contributed by atoms with Gasteiger partial charge in [-0.2, -0.15) is 5.10 Å². The first-order valence-electron chi connectivity index (χ1n) is 6.87. The number of hydrogen-bond donors (Lipinski definition) is 1. The smallest absolute Gasteiger partial charge is 0.107 e. The van der Waals surface area contributed by atoms with E-state index in [1.54, 1.807) is 11.3 Å². The Hall–Kier alpha value is -0.910.